The van der Waals surface area contributed by atoms with Crippen LogP contribution in [0.15, 0.2) is 73.9 Å². The molecule has 0 saturated carbocycles. The molecule has 0 aromatic heterocycles. The molecule has 0 amide bonds. The summed E-state index contributed by atoms with van der Waals surface area (Å²) in [6.07, 6.45) is 11.3. The molecule has 2 nitrogen and oxygen atoms in total. The van der Waals surface area contributed by atoms with Crippen molar-refractivity contribution in [2.75, 3.05) is 5.32 Å². The van der Waals surface area contributed by atoms with E-state index in [1.807, 2.05) is 60.7 Å². The van der Waals surface area contributed by atoms with E-state index in [2.05, 4.69) is 18.5 Å². The smallest absolute Gasteiger partial charge is 0.151 e. The third kappa shape index (κ3) is 2.86. The summed E-state index contributed by atoms with van der Waals surface area (Å²) in [5, 5.41) is 3.39. The van der Waals surface area contributed by atoms with Gasteiger partial charge in [0, 0.05) is 0 Å². The number of ether oxygens (including phenoxy) is 1. The van der Waals surface area contributed by atoms with Crippen LogP contribution in [-0.2, 0) is 0 Å². The number of anilines is 2. The molecule has 0 fully saturated rings. The lowest BCUT2D eigenvalue weighted by Gasteiger charge is -2.22. The topological polar surface area (TPSA) is 21.3 Å². The van der Waals surface area contributed by atoms with E-state index in [0.29, 0.717) is 0 Å². The lowest BCUT2D eigenvalue weighted by molar-refractivity contribution is 0.481. The fourth-order valence-corrected chi connectivity index (χ4v) is 2.28. The van der Waals surface area contributed by atoms with E-state index in [0.717, 1.165) is 34.0 Å². The highest BCUT2D eigenvalue weighted by Crippen LogP contribution is 2.42. The van der Waals surface area contributed by atoms with E-state index in [1.165, 1.54) is 0 Å². The maximum absolute atomic E-state index is 6.04. The van der Waals surface area contributed by atoms with Crippen LogP contribution in [-0.4, -0.2) is 0 Å². The molecule has 2 heteroatoms. The molecule has 0 radical (unpaired) electrons. The largest absolute Gasteiger partial charge is 0.453 e. The first-order chi connectivity index (χ1) is 10.8. The molecule has 1 heterocycles. The minimum Gasteiger partial charge on any atom is -0.453 e. The molecule has 0 unspecified atom stereocenters. The van der Waals surface area contributed by atoms with Crippen molar-refractivity contribution in [1.29, 1.82) is 0 Å². The van der Waals surface area contributed by atoms with Crippen molar-refractivity contribution < 1.29 is 4.74 Å². The summed E-state index contributed by atoms with van der Waals surface area (Å²) < 4.78 is 6.04. The molecule has 0 spiro atoms. The van der Waals surface area contributed by atoms with E-state index in [9.17, 15) is 0 Å². The monoisotopic (exact) mass is 287 g/mol. The number of hydrogen-bond acceptors (Lipinski definition) is 2. The van der Waals surface area contributed by atoms with Gasteiger partial charge in [-0.2, -0.15) is 0 Å². The van der Waals surface area contributed by atoms with Crippen LogP contribution in [0.5, 0.6) is 11.5 Å². The van der Waals surface area contributed by atoms with Crippen molar-refractivity contribution in [3.05, 3.63) is 85.0 Å². The molecule has 0 atom stereocenters. The minimum atomic E-state index is 0.823. The quantitative estimate of drug-likeness (QED) is 0.600. The van der Waals surface area contributed by atoms with Crippen molar-refractivity contribution in [3.63, 3.8) is 0 Å². The van der Waals surface area contributed by atoms with Gasteiger partial charge in [-0.05, 0) is 35.4 Å². The van der Waals surface area contributed by atoms with E-state index in [4.69, 9.17) is 4.74 Å². The highest BCUT2D eigenvalue weighted by Gasteiger charge is 2.16. The van der Waals surface area contributed by atoms with Gasteiger partial charge in [0.2, 0.25) is 0 Å². The van der Waals surface area contributed by atoms with Crippen molar-refractivity contribution in [2.45, 2.75) is 0 Å². The summed E-state index contributed by atoms with van der Waals surface area (Å²) in [5.41, 5.74) is 4.09. The Balaban J connectivity index is 1.92. The van der Waals surface area contributed by atoms with Crippen LogP contribution in [0.2, 0.25) is 0 Å². The van der Waals surface area contributed by atoms with Crippen molar-refractivity contribution in [3.8, 4) is 11.5 Å². The van der Waals surface area contributed by atoms with E-state index >= 15 is 0 Å². The molecule has 108 valence electrons. The van der Waals surface area contributed by atoms with Gasteiger partial charge in [-0.25, -0.2) is 0 Å². The normalized spacial score (nSPS) is 12.4. The number of nitrogens with one attached hydrogen (secondary N) is 1. The third-order valence-electron chi connectivity index (χ3n) is 3.35. The molecule has 2 aromatic rings. The van der Waals surface area contributed by atoms with E-state index in [-0.39, 0.29) is 0 Å². The summed E-state index contributed by atoms with van der Waals surface area (Å²) in [7, 11) is 0. The fraction of sp³-hybridized carbons (Fsp3) is 0. The zero-order chi connectivity index (χ0) is 15.4. The molecule has 2 aromatic carbocycles. The summed E-state index contributed by atoms with van der Waals surface area (Å²) in [5.74, 6) is 1.65. The maximum Gasteiger partial charge on any atom is 0.151 e. The number of fused-ring (bicyclic) bond motifs is 2. The number of hydrogen-bond donors (Lipinski definition) is 1. The first-order valence-electron chi connectivity index (χ1n) is 7.11. The minimum absolute atomic E-state index is 0.823. The van der Waals surface area contributed by atoms with Crippen LogP contribution in [0.4, 0.5) is 11.4 Å². The molecule has 3 rings (SSSR count). The van der Waals surface area contributed by atoms with Crippen molar-refractivity contribution in [1.82, 2.24) is 0 Å². The Labute approximate surface area is 130 Å². The van der Waals surface area contributed by atoms with Crippen molar-refractivity contribution in [2.24, 2.45) is 0 Å². The molecular weight excluding hydrogens is 270 g/mol. The summed E-state index contributed by atoms with van der Waals surface area (Å²) in [6.45, 7) is 7.37. The maximum atomic E-state index is 6.04. The van der Waals surface area contributed by atoms with Gasteiger partial charge in [0.15, 0.2) is 11.5 Å². The Bertz CT molecular complexity index is 719. The van der Waals surface area contributed by atoms with Crippen LogP contribution in [0.25, 0.3) is 12.2 Å². The third-order valence-corrected chi connectivity index (χ3v) is 3.35. The predicted molar refractivity (Wildman–Crippen MR) is 94.7 cm³/mol. The highest BCUT2D eigenvalue weighted by molar-refractivity contribution is 5.78. The van der Waals surface area contributed by atoms with Gasteiger partial charge in [0.05, 0.1) is 11.4 Å². The van der Waals surface area contributed by atoms with E-state index in [1.54, 1.807) is 12.2 Å². The standard InChI is InChI=1S/C20H17NO/c1-3-5-7-15-9-11-17-19(13-15)22-20-14-16(8-6-4-2)10-12-18(20)21-17/h3-14,21H,1-2H2. The van der Waals surface area contributed by atoms with Gasteiger partial charge in [0.1, 0.15) is 0 Å². The molecule has 1 aliphatic rings. The van der Waals surface area contributed by atoms with Crippen LogP contribution in [0, 0.1) is 0 Å². The van der Waals surface area contributed by atoms with Crippen LogP contribution < -0.4 is 10.1 Å². The average Bonchev–Trinajstić information content (AvgIpc) is 2.56. The zero-order valence-electron chi connectivity index (χ0n) is 12.3. The lowest BCUT2D eigenvalue weighted by atomic mass is 10.1. The van der Waals surface area contributed by atoms with Crippen LogP contribution in [0.3, 0.4) is 0 Å². The number of benzene rings is 2. The molecule has 0 bridgehead atoms. The van der Waals surface area contributed by atoms with Gasteiger partial charge in [-0.1, -0.05) is 61.7 Å². The lowest BCUT2D eigenvalue weighted by Crippen LogP contribution is -2.03. The summed E-state index contributed by atoms with van der Waals surface area (Å²) >= 11 is 0. The Morgan fingerprint density at radius 1 is 0.773 bits per heavy atom. The first-order valence-corrected chi connectivity index (χ1v) is 7.11. The van der Waals surface area contributed by atoms with Gasteiger partial charge in [0.25, 0.3) is 0 Å². The Morgan fingerprint density at radius 3 is 1.73 bits per heavy atom. The Kier molecular flexibility index (Phi) is 3.92. The van der Waals surface area contributed by atoms with Gasteiger partial charge < -0.3 is 10.1 Å². The number of allylic oxidation sites excluding steroid dienone is 4. The van der Waals surface area contributed by atoms with E-state index < -0.39 is 0 Å². The molecule has 22 heavy (non-hydrogen) atoms. The summed E-state index contributed by atoms with van der Waals surface area (Å²) in [4.78, 5) is 0. The molecular formula is C20H17NO. The highest BCUT2D eigenvalue weighted by atomic mass is 16.5. The molecule has 1 aliphatic heterocycles. The Hall–Kier alpha value is -3.00. The molecule has 0 saturated heterocycles. The van der Waals surface area contributed by atoms with Crippen LogP contribution in [0.1, 0.15) is 11.1 Å². The zero-order valence-corrected chi connectivity index (χ0v) is 12.3. The Morgan fingerprint density at radius 2 is 1.27 bits per heavy atom. The average molecular weight is 287 g/mol. The van der Waals surface area contributed by atoms with Crippen molar-refractivity contribution >= 4 is 23.5 Å². The second-order valence-electron chi connectivity index (χ2n) is 4.93. The summed E-state index contributed by atoms with van der Waals surface area (Å²) in [6, 6.07) is 12.1. The van der Waals surface area contributed by atoms with Crippen LogP contribution >= 0.6 is 0 Å². The first kappa shape index (κ1) is 14.0. The molecule has 0 aliphatic carbocycles. The second kappa shape index (κ2) is 6.19. The second-order valence-corrected chi connectivity index (χ2v) is 4.93. The predicted octanol–water partition coefficient (Wildman–Crippen LogP) is 5.93. The fourth-order valence-electron chi connectivity index (χ4n) is 2.28. The van der Waals surface area contributed by atoms with Gasteiger partial charge >= 0.3 is 0 Å². The van der Waals surface area contributed by atoms with Gasteiger partial charge in [-0.3, -0.25) is 0 Å². The number of rotatable bonds is 4. The SMILES string of the molecule is C=CC=Cc1ccc2c(c1)Oc1cc(C=CC=C)ccc1N2. The molecule has 1 N–H and O–H groups in total. The van der Waals surface area contributed by atoms with Gasteiger partial charge in [-0.15, -0.1) is 0 Å².